The van der Waals surface area contributed by atoms with Crippen LogP contribution in [0.1, 0.15) is 25.6 Å². The summed E-state index contributed by atoms with van der Waals surface area (Å²) in [5.74, 6) is -3.65. The van der Waals surface area contributed by atoms with E-state index in [0.717, 1.165) is 0 Å². The third kappa shape index (κ3) is 12.3. The largest absolute Gasteiger partial charge is 0.473 e. The molecule has 0 aliphatic rings. The fraction of sp³-hybridized carbons (Fsp3) is 0.571. The summed E-state index contributed by atoms with van der Waals surface area (Å²) in [4.78, 5) is 19.4. The van der Waals surface area contributed by atoms with E-state index in [1.54, 1.807) is 11.3 Å². The van der Waals surface area contributed by atoms with Crippen LogP contribution in [0.4, 0.5) is 0 Å². The number of aliphatic hydroxyl groups is 1. The molecule has 0 aromatic carbocycles. The lowest BCUT2D eigenvalue weighted by Crippen LogP contribution is -2.42. The van der Waals surface area contributed by atoms with Gasteiger partial charge < -0.3 is 25.4 Å². The van der Waals surface area contributed by atoms with Crippen LogP contribution < -0.4 is 5.32 Å². The number of aliphatic carboxylic acids is 2. The van der Waals surface area contributed by atoms with Crippen molar-refractivity contribution in [2.45, 2.75) is 39.0 Å². The number of thiophene rings is 1. The molecule has 126 valence electrons. The number of hydrogen-bond donors (Lipinski definition) is 4. The average Bonchev–Trinajstić information content (AvgIpc) is 2.89. The van der Waals surface area contributed by atoms with Crippen LogP contribution in [0.25, 0.3) is 0 Å². The second kappa shape index (κ2) is 10.3. The second-order valence-electron chi connectivity index (χ2n) is 5.49. The van der Waals surface area contributed by atoms with Gasteiger partial charge in [0.05, 0.1) is 19.3 Å². The van der Waals surface area contributed by atoms with Gasteiger partial charge in [0.25, 0.3) is 0 Å². The highest BCUT2D eigenvalue weighted by atomic mass is 32.1. The Kier molecular flexibility index (Phi) is 9.59. The van der Waals surface area contributed by atoms with E-state index in [4.69, 9.17) is 24.5 Å². The molecule has 0 aliphatic carbocycles. The van der Waals surface area contributed by atoms with Crippen molar-refractivity contribution in [2.24, 2.45) is 0 Å². The first-order valence-electron chi connectivity index (χ1n) is 6.61. The van der Waals surface area contributed by atoms with Gasteiger partial charge in [-0.05, 0) is 32.2 Å². The first-order valence-corrected chi connectivity index (χ1v) is 7.49. The summed E-state index contributed by atoms with van der Waals surface area (Å²) in [5, 5.41) is 29.7. The molecular formula is C14H23NO6S. The molecule has 1 heterocycles. The Morgan fingerprint density at radius 2 is 1.91 bits per heavy atom. The third-order valence-electron chi connectivity index (χ3n) is 2.19. The first-order chi connectivity index (χ1) is 10.1. The summed E-state index contributed by atoms with van der Waals surface area (Å²) >= 11 is 1.67. The smallest absolute Gasteiger partial charge is 0.414 e. The quantitative estimate of drug-likeness (QED) is 0.577. The standard InChI is InChI=1S/C12H21NO2S.C2H2O4/c1-12(2,3)13-7-10(14)8-15-9-11-5-4-6-16-11;3-1(4)2(5)6/h4-6,10,13-14H,7-9H2,1-3H3;(H,3,4)(H,5,6). The molecule has 0 fully saturated rings. The van der Waals surface area contributed by atoms with Crippen LogP contribution in [0.3, 0.4) is 0 Å². The maximum atomic E-state index is 9.66. The van der Waals surface area contributed by atoms with Crippen LogP contribution in [0, 0.1) is 0 Å². The number of rotatable bonds is 6. The molecular weight excluding hydrogens is 310 g/mol. The van der Waals surface area contributed by atoms with E-state index in [0.29, 0.717) is 19.8 Å². The highest BCUT2D eigenvalue weighted by Crippen LogP contribution is 2.09. The third-order valence-corrected chi connectivity index (χ3v) is 3.04. The van der Waals surface area contributed by atoms with Crippen molar-refractivity contribution in [1.29, 1.82) is 0 Å². The molecule has 0 saturated heterocycles. The molecule has 1 aromatic rings. The Morgan fingerprint density at radius 1 is 1.32 bits per heavy atom. The number of carboxylic acids is 2. The Hall–Kier alpha value is -1.48. The summed E-state index contributed by atoms with van der Waals surface area (Å²) in [6.45, 7) is 7.75. The highest BCUT2D eigenvalue weighted by Gasteiger charge is 2.12. The lowest BCUT2D eigenvalue weighted by atomic mass is 10.1. The minimum Gasteiger partial charge on any atom is -0.473 e. The maximum Gasteiger partial charge on any atom is 0.414 e. The summed E-state index contributed by atoms with van der Waals surface area (Å²) < 4.78 is 5.43. The van der Waals surface area contributed by atoms with Crippen LogP contribution in [0.5, 0.6) is 0 Å². The summed E-state index contributed by atoms with van der Waals surface area (Å²) in [5.41, 5.74) is 0.0364. The van der Waals surface area contributed by atoms with Gasteiger partial charge in [-0.3, -0.25) is 0 Å². The lowest BCUT2D eigenvalue weighted by Gasteiger charge is -2.22. The van der Waals surface area contributed by atoms with Gasteiger partial charge in [0.1, 0.15) is 0 Å². The molecule has 1 atom stereocenters. The molecule has 22 heavy (non-hydrogen) atoms. The van der Waals surface area contributed by atoms with E-state index in [1.165, 1.54) is 4.88 Å². The number of nitrogens with one attached hydrogen (secondary N) is 1. The Bertz CT molecular complexity index is 429. The van der Waals surface area contributed by atoms with E-state index >= 15 is 0 Å². The molecule has 0 aliphatic heterocycles. The first kappa shape index (κ1) is 20.5. The topological polar surface area (TPSA) is 116 Å². The number of aliphatic hydroxyl groups excluding tert-OH is 1. The molecule has 4 N–H and O–H groups in total. The predicted octanol–water partition coefficient (Wildman–Crippen LogP) is 1.17. The van der Waals surface area contributed by atoms with Crippen molar-refractivity contribution in [1.82, 2.24) is 5.32 Å². The molecule has 0 amide bonds. The van der Waals surface area contributed by atoms with Gasteiger partial charge in [0, 0.05) is 17.0 Å². The SMILES string of the molecule is CC(C)(C)NCC(O)COCc1cccs1.O=C(O)C(=O)O. The Balaban J connectivity index is 0.000000626. The van der Waals surface area contributed by atoms with E-state index in [1.807, 2.05) is 17.5 Å². The van der Waals surface area contributed by atoms with Crippen LogP contribution in [-0.4, -0.2) is 52.1 Å². The fourth-order valence-electron chi connectivity index (χ4n) is 1.17. The van der Waals surface area contributed by atoms with E-state index in [2.05, 4.69) is 26.1 Å². The van der Waals surface area contributed by atoms with Crippen molar-refractivity contribution < 1.29 is 29.6 Å². The van der Waals surface area contributed by atoms with Crippen LogP contribution in [0.2, 0.25) is 0 Å². The van der Waals surface area contributed by atoms with Crippen molar-refractivity contribution in [3.8, 4) is 0 Å². The van der Waals surface area contributed by atoms with Crippen molar-refractivity contribution in [2.75, 3.05) is 13.2 Å². The molecule has 0 spiro atoms. The Morgan fingerprint density at radius 3 is 2.32 bits per heavy atom. The zero-order valence-electron chi connectivity index (χ0n) is 12.9. The summed E-state index contributed by atoms with van der Waals surface area (Å²) in [7, 11) is 0. The van der Waals surface area contributed by atoms with Crippen molar-refractivity contribution in [3.05, 3.63) is 22.4 Å². The molecule has 1 unspecified atom stereocenters. The van der Waals surface area contributed by atoms with Gasteiger partial charge in [-0.15, -0.1) is 11.3 Å². The van der Waals surface area contributed by atoms with Crippen LogP contribution in [-0.2, 0) is 20.9 Å². The predicted molar refractivity (Wildman–Crippen MR) is 83.0 cm³/mol. The molecule has 1 aromatic heterocycles. The van der Waals surface area contributed by atoms with Gasteiger partial charge in [-0.2, -0.15) is 0 Å². The minimum atomic E-state index is -1.82. The molecule has 1 rings (SSSR count). The van der Waals surface area contributed by atoms with Gasteiger partial charge in [0.2, 0.25) is 0 Å². The van der Waals surface area contributed by atoms with E-state index in [-0.39, 0.29) is 5.54 Å². The molecule has 0 saturated carbocycles. The summed E-state index contributed by atoms with van der Waals surface area (Å²) in [6, 6.07) is 4.03. The van der Waals surface area contributed by atoms with Crippen molar-refractivity contribution in [3.63, 3.8) is 0 Å². The van der Waals surface area contributed by atoms with Gasteiger partial charge in [0.15, 0.2) is 0 Å². The second-order valence-corrected chi connectivity index (χ2v) is 6.52. The van der Waals surface area contributed by atoms with Crippen LogP contribution >= 0.6 is 11.3 Å². The van der Waals surface area contributed by atoms with Gasteiger partial charge >= 0.3 is 11.9 Å². The molecule has 0 bridgehead atoms. The zero-order valence-corrected chi connectivity index (χ0v) is 13.7. The maximum absolute atomic E-state index is 9.66. The number of carboxylic acid groups (broad SMARTS) is 2. The average molecular weight is 333 g/mol. The number of carbonyl (C=O) groups is 2. The molecule has 0 radical (unpaired) electrons. The van der Waals surface area contributed by atoms with Gasteiger partial charge in [-0.1, -0.05) is 6.07 Å². The molecule has 8 heteroatoms. The number of ether oxygens (including phenoxy) is 1. The lowest BCUT2D eigenvalue weighted by molar-refractivity contribution is -0.159. The number of hydrogen-bond acceptors (Lipinski definition) is 6. The zero-order chi connectivity index (χ0) is 17.2. The summed E-state index contributed by atoms with van der Waals surface area (Å²) in [6.07, 6.45) is -0.445. The monoisotopic (exact) mass is 333 g/mol. The Labute approximate surface area is 133 Å². The highest BCUT2D eigenvalue weighted by molar-refractivity contribution is 7.09. The van der Waals surface area contributed by atoms with E-state index < -0.39 is 18.0 Å². The van der Waals surface area contributed by atoms with Gasteiger partial charge in [-0.25, -0.2) is 9.59 Å². The fourth-order valence-corrected chi connectivity index (χ4v) is 1.81. The van der Waals surface area contributed by atoms with Crippen LogP contribution in [0.15, 0.2) is 17.5 Å². The van der Waals surface area contributed by atoms with E-state index in [9.17, 15) is 5.11 Å². The minimum absolute atomic E-state index is 0.0364. The number of β-amino-alcohol motifs (C(OH)–C–C–N with tert-alkyl or cyclic N) is 1. The normalized spacial score (nSPS) is 12.2. The molecule has 7 nitrogen and oxygen atoms in total. The van der Waals surface area contributed by atoms with Crippen molar-refractivity contribution >= 4 is 23.3 Å².